The maximum Gasteiger partial charge on any atom is 0.263 e. The molecule has 2 heterocycles. The van der Waals surface area contributed by atoms with Crippen LogP contribution in [-0.2, 0) is 11.3 Å². The number of carbonyl (C=O) groups is 2. The molecule has 0 aliphatic rings. The molecule has 0 atom stereocenters. The van der Waals surface area contributed by atoms with Gasteiger partial charge in [0.2, 0.25) is 5.91 Å². The summed E-state index contributed by atoms with van der Waals surface area (Å²) in [6.07, 6.45) is 1.56. The Kier molecular flexibility index (Phi) is 5.54. The van der Waals surface area contributed by atoms with Crippen LogP contribution in [0, 0.1) is 12.8 Å². The maximum absolute atomic E-state index is 12.3. The highest BCUT2D eigenvalue weighted by Gasteiger charge is 2.21. The van der Waals surface area contributed by atoms with Gasteiger partial charge in [-0.1, -0.05) is 25.2 Å². The van der Waals surface area contributed by atoms with Crippen molar-refractivity contribution in [3.8, 4) is 0 Å². The van der Waals surface area contributed by atoms with Crippen molar-refractivity contribution in [1.29, 1.82) is 0 Å². The van der Waals surface area contributed by atoms with Crippen molar-refractivity contribution in [2.75, 3.05) is 11.4 Å². The van der Waals surface area contributed by atoms with Crippen molar-refractivity contribution in [1.82, 2.24) is 10.3 Å². The lowest BCUT2D eigenvalue weighted by Crippen LogP contribution is -2.32. The number of carbonyl (C=O) groups excluding carboxylic acids is 2. The zero-order chi connectivity index (χ0) is 17.0. The first-order valence-corrected chi connectivity index (χ1v) is 8.26. The number of rotatable bonds is 6. The van der Waals surface area contributed by atoms with E-state index in [1.807, 2.05) is 13.8 Å². The SMILES string of the molecule is CC(=O)N(CC(C)C)c1nc(C)c(C(=O)NCc2ccco2)s1. The van der Waals surface area contributed by atoms with Crippen LogP contribution in [0.25, 0.3) is 0 Å². The second-order valence-corrected chi connectivity index (χ2v) is 6.67. The highest BCUT2D eigenvalue weighted by atomic mass is 32.1. The van der Waals surface area contributed by atoms with Crippen LogP contribution < -0.4 is 10.2 Å². The normalized spacial score (nSPS) is 10.8. The molecule has 0 radical (unpaired) electrons. The molecule has 2 amide bonds. The van der Waals surface area contributed by atoms with Crippen molar-refractivity contribution < 1.29 is 14.0 Å². The van der Waals surface area contributed by atoms with Crippen molar-refractivity contribution >= 4 is 28.3 Å². The molecule has 0 bridgehead atoms. The van der Waals surface area contributed by atoms with Crippen LogP contribution in [0.3, 0.4) is 0 Å². The fraction of sp³-hybridized carbons (Fsp3) is 0.438. The van der Waals surface area contributed by atoms with Gasteiger partial charge < -0.3 is 9.73 Å². The second kappa shape index (κ2) is 7.41. The summed E-state index contributed by atoms with van der Waals surface area (Å²) < 4.78 is 5.19. The van der Waals surface area contributed by atoms with Crippen LogP contribution in [0.15, 0.2) is 22.8 Å². The minimum absolute atomic E-state index is 0.0741. The Morgan fingerprint density at radius 2 is 2.17 bits per heavy atom. The summed E-state index contributed by atoms with van der Waals surface area (Å²) in [4.78, 5) is 30.7. The molecule has 7 heteroatoms. The molecule has 0 aliphatic heterocycles. The molecule has 0 aliphatic carbocycles. The highest BCUT2D eigenvalue weighted by Crippen LogP contribution is 2.27. The summed E-state index contributed by atoms with van der Waals surface area (Å²) in [5, 5.41) is 3.36. The van der Waals surface area contributed by atoms with E-state index in [0.717, 1.165) is 0 Å². The van der Waals surface area contributed by atoms with E-state index in [-0.39, 0.29) is 11.8 Å². The van der Waals surface area contributed by atoms with Crippen LogP contribution in [0.5, 0.6) is 0 Å². The first kappa shape index (κ1) is 17.2. The molecule has 2 aromatic rings. The molecule has 0 unspecified atom stereocenters. The largest absolute Gasteiger partial charge is 0.467 e. The van der Waals surface area contributed by atoms with E-state index in [1.54, 1.807) is 30.2 Å². The van der Waals surface area contributed by atoms with Gasteiger partial charge >= 0.3 is 0 Å². The van der Waals surface area contributed by atoms with Gasteiger partial charge in [-0.3, -0.25) is 14.5 Å². The van der Waals surface area contributed by atoms with E-state index >= 15 is 0 Å². The molecular weight excluding hydrogens is 314 g/mol. The van der Waals surface area contributed by atoms with E-state index < -0.39 is 0 Å². The number of aromatic nitrogens is 1. The van der Waals surface area contributed by atoms with Crippen LogP contribution >= 0.6 is 11.3 Å². The molecule has 1 N–H and O–H groups in total. The van der Waals surface area contributed by atoms with Gasteiger partial charge in [0.25, 0.3) is 5.91 Å². The van der Waals surface area contributed by atoms with E-state index in [4.69, 9.17) is 4.42 Å². The standard InChI is InChI=1S/C16H21N3O3S/c1-10(2)9-19(12(4)20)16-18-11(3)14(23-16)15(21)17-8-13-6-5-7-22-13/h5-7,10H,8-9H2,1-4H3,(H,17,21). The second-order valence-electron chi connectivity index (χ2n) is 5.70. The Hall–Kier alpha value is -2.15. The van der Waals surface area contributed by atoms with Gasteiger partial charge in [-0.05, 0) is 25.0 Å². The number of hydrogen-bond acceptors (Lipinski definition) is 5. The highest BCUT2D eigenvalue weighted by molar-refractivity contribution is 7.17. The number of aryl methyl sites for hydroxylation is 1. The molecule has 2 aromatic heterocycles. The van der Waals surface area contributed by atoms with Crippen molar-refractivity contribution in [2.24, 2.45) is 5.92 Å². The van der Waals surface area contributed by atoms with Crippen molar-refractivity contribution in [3.05, 3.63) is 34.7 Å². The van der Waals surface area contributed by atoms with E-state index in [2.05, 4.69) is 10.3 Å². The third-order valence-corrected chi connectivity index (χ3v) is 4.33. The minimum atomic E-state index is -0.212. The Morgan fingerprint density at radius 1 is 1.43 bits per heavy atom. The van der Waals surface area contributed by atoms with Gasteiger partial charge in [0.15, 0.2) is 5.13 Å². The van der Waals surface area contributed by atoms with Crippen LogP contribution in [0.1, 0.15) is 41.9 Å². The number of amides is 2. The van der Waals surface area contributed by atoms with Gasteiger partial charge in [-0.15, -0.1) is 0 Å². The first-order valence-electron chi connectivity index (χ1n) is 7.44. The number of hydrogen-bond donors (Lipinski definition) is 1. The van der Waals surface area contributed by atoms with Crippen LogP contribution in [-0.4, -0.2) is 23.3 Å². The Bertz CT molecular complexity index is 677. The summed E-state index contributed by atoms with van der Waals surface area (Å²) >= 11 is 1.23. The fourth-order valence-electron chi connectivity index (χ4n) is 2.08. The number of furan rings is 1. The van der Waals surface area contributed by atoms with E-state index in [1.165, 1.54) is 18.3 Å². The van der Waals surface area contributed by atoms with Crippen LogP contribution in [0.2, 0.25) is 0 Å². The van der Waals surface area contributed by atoms with Gasteiger partial charge in [-0.25, -0.2) is 4.98 Å². The summed E-state index contributed by atoms with van der Waals surface area (Å²) in [6.45, 7) is 8.25. The van der Waals surface area contributed by atoms with E-state index in [0.29, 0.717) is 40.5 Å². The lowest BCUT2D eigenvalue weighted by Gasteiger charge is -2.19. The summed E-state index contributed by atoms with van der Waals surface area (Å²) in [7, 11) is 0. The summed E-state index contributed by atoms with van der Waals surface area (Å²) in [5.41, 5.74) is 0.622. The number of nitrogens with zero attached hydrogens (tertiary/aromatic N) is 2. The Balaban J connectivity index is 2.12. The zero-order valence-electron chi connectivity index (χ0n) is 13.8. The first-order chi connectivity index (χ1) is 10.9. The predicted octanol–water partition coefficient (Wildman–Crippen LogP) is 2.98. The molecule has 2 rings (SSSR count). The number of anilines is 1. The van der Waals surface area contributed by atoms with Crippen LogP contribution in [0.4, 0.5) is 5.13 Å². The molecule has 0 spiro atoms. The quantitative estimate of drug-likeness (QED) is 0.880. The molecule has 0 saturated carbocycles. The number of nitrogens with one attached hydrogen (secondary N) is 1. The number of thiazole rings is 1. The van der Waals surface area contributed by atoms with Gasteiger partial charge in [0, 0.05) is 13.5 Å². The minimum Gasteiger partial charge on any atom is -0.467 e. The molecule has 0 saturated heterocycles. The topological polar surface area (TPSA) is 75.4 Å². The zero-order valence-corrected chi connectivity index (χ0v) is 14.6. The lowest BCUT2D eigenvalue weighted by atomic mass is 10.2. The third kappa shape index (κ3) is 4.41. The van der Waals surface area contributed by atoms with Gasteiger partial charge in [0.1, 0.15) is 10.6 Å². The van der Waals surface area contributed by atoms with Gasteiger partial charge in [0.05, 0.1) is 18.5 Å². The molecule has 0 fully saturated rings. The molecule has 6 nitrogen and oxygen atoms in total. The summed E-state index contributed by atoms with van der Waals surface area (Å²) in [6, 6.07) is 3.57. The Morgan fingerprint density at radius 3 is 2.74 bits per heavy atom. The molecular formula is C16H21N3O3S. The lowest BCUT2D eigenvalue weighted by molar-refractivity contribution is -0.116. The van der Waals surface area contributed by atoms with Crippen molar-refractivity contribution in [2.45, 2.75) is 34.2 Å². The third-order valence-electron chi connectivity index (χ3n) is 3.15. The molecule has 124 valence electrons. The van der Waals surface area contributed by atoms with Gasteiger partial charge in [-0.2, -0.15) is 0 Å². The molecule has 0 aromatic carbocycles. The average Bonchev–Trinajstić information content (AvgIpc) is 3.11. The predicted molar refractivity (Wildman–Crippen MR) is 89.6 cm³/mol. The Labute approximate surface area is 139 Å². The smallest absolute Gasteiger partial charge is 0.263 e. The van der Waals surface area contributed by atoms with E-state index in [9.17, 15) is 9.59 Å². The maximum atomic E-state index is 12.3. The average molecular weight is 335 g/mol. The molecule has 23 heavy (non-hydrogen) atoms. The van der Waals surface area contributed by atoms with Crippen molar-refractivity contribution in [3.63, 3.8) is 0 Å². The fourth-order valence-corrected chi connectivity index (χ4v) is 3.11. The summed E-state index contributed by atoms with van der Waals surface area (Å²) in [5.74, 6) is 0.718. The monoisotopic (exact) mass is 335 g/mol.